The molecule has 0 aromatic heterocycles. The average molecular weight is 333 g/mol. The summed E-state index contributed by atoms with van der Waals surface area (Å²) in [6, 6.07) is 3.48. The molecule has 0 saturated heterocycles. The molecule has 0 atom stereocenters. The van der Waals surface area contributed by atoms with Crippen LogP contribution in [0.1, 0.15) is 0 Å². The van der Waals surface area contributed by atoms with Crippen molar-refractivity contribution >= 4 is 41.9 Å². The van der Waals surface area contributed by atoms with Crippen molar-refractivity contribution in [2.45, 2.75) is 0 Å². The van der Waals surface area contributed by atoms with Gasteiger partial charge in [-0.2, -0.15) is 8.42 Å². The normalized spacial score (nSPS) is 10.9. The fourth-order valence-corrected chi connectivity index (χ4v) is 1.44. The van der Waals surface area contributed by atoms with Crippen LogP contribution in [0.15, 0.2) is 22.7 Å². The molecule has 0 fully saturated rings. The Morgan fingerprint density at radius 2 is 2.12 bits per heavy atom. The van der Waals surface area contributed by atoms with Gasteiger partial charge in [0.05, 0.1) is 4.47 Å². The van der Waals surface area contributed by atoms with Crippen molar-refractivity contribution in [3.8, 4) is 5.75 Å². The van der Waals surface area contributed by atoms with Crippen LogP contribution in [0.2, 0.25) is 0 Å². The summed E-state index contributed by atoms with van der Waals surface area (Å²) < 4.78 is 39.8. The highest BCUT2D eigenvalue weighted by Crippen LogP contribution is 2.20. The molecule has 1 aromatic carbocycles. The Kier molecular flexibility index (Phi) is 4.11. The molecule has 0 unspecified atom stereocenters. The van der Waals surface area contributed by atoms with E-state index in [0.717, 1.165) is 6.07 Å². The standard InChI is InChI=1S/C7H4BrClFNO4S/c8-5-2-1-4(3-6(5)10)15-7(12)11-16(9,13)14/h1-3H,(H,11,12). The second kappa shape index (κ2) is 4.98. The van der Waals surface area contributed by atoms with E-state index in [1.165, 1.54) is 16.9 Å². The predicted octanol–water partition coefficient (Wildman–Crippen LogP) is 2.16. The highest BCUT2D eigenvalue weighted by atomic mass is 79.9. The van der Waals surface area contributed by atoms with E-state index >= 15 is 0 Å². The van der Waals surface area contributed by atoms with Crippen molar-refractivity contribution < 1.29 is 22.3 Å². The van der Waals surface area contributed by atoms with E-state index in [-0.39, 0.29) is 10.2 Å². The maximum Gasteiger partial charge on any atom is 0.427 e. The summed E-state index contributed by atoms with van der Waals surface area (Å²) in [7, 11) is 0.512. The molecule has 1 N–H and O–H groups in total. The van der Waals surface area contributed by atoms with Gasteiger partial charge in [0.1, 0.15) is 11.6 Å². The van der Waals surface area contributed by atoms with Crippen LogP contribution >= 0.6 is 26.6 Å². The second-order valence-corrected chi connectivity index (χ2v) is 5.66. The van der Waals surface area contributed by atoms with Gasteiger partial charge in [-0.25, -0.2) is 13.9 Å². The minimum absolute atomic E-state index is 0.154. The largest absolute Gasteiger partial charge is 0.427 e. The molecule has 9 heteroatoms. The van der Waals surface area contributed by atoms with Crippen LogP contribution in [0.25, 0.3) is 0 Å². The Morgan fingerprint density at radius 1 is 1.50 bits per heavy atom. The van der Waals surface area contributed by atoms with E-state index in [1.54, 1.807) is 0 Å². The summed E-state index contributed by atoms with van der Waals surface area (Å²) >= 11 is 2.90. The zero-order chi connectivity index (χ0) is 12.3. The molecule has 0 heterocycles. The zero-order valence-corrected chi connectivity index (χ0v) is 10.6. The lowest BCUT2D eigenvalue weighted by molar-refractivity contribution is 0.207. The molecule has 0 aliphatic rings. The van der Waals surface area contributed by atoms with Gasteiger partial charge >= 0.3 is 15.3 Å². The summed E-state index contributed by atoms with van der Waals surface area (Å²) in [5.41, 5.74) is 0. The third-order valence-electron chi connectivity index (χ3n) is 1.31. The third kappa shape index (κ3) is 4.33. The first-order valence-corrected chi connectivity index (χ1v) is 6.77. The Bertz CT molecular complexity index is 521. The predicted molar refractivity (Wildman–Crippen MR) is 58.0 cm³/mol. The van der Waals surface area contributed by atoms with Crippen LogP contribution in [0.3, 0.4) is 0 Å². The number of nitrogens with one attached hydrogen (secondary N) is 1. The molecular weight excluding hydrogens is 329 g/mol. The number of ether oxygens (including phenoxy) is 1. The van der Waals surface area contributed by atoms with Crippen LogP contribution in [0.4, 0.5) is 9.18 Å². The fraction of sp³-hybridized carbons (Fsp3) is 0. The molecule has 5 nitrogen and oxygen atoms in total. The molecule has 1 amide bonds. The maximum absolute atomic E-state index is 13.0. The van der Waals surface area contributed by atoms with E-state index in [1.807, 2.05) is 0 Å². The van der Waals surface area contributed by atoms with Gasteiger partial charge in [0.15, 0.2) is 0 Å². The van der Waals surface area contributed by atoms with Gasteiger partial charge < -0.3 is 4.74 Å². The van der Waals surface area contributed by atoms with Crippen molar-refractivity contribution in [1.29, 1.82) is 0 Å². The fourth-order valence-electron chi connectivity index (χ4n) is 0.768. The summed E-state index contributed by atoms with van der Waals surface area (Å²) in [5.74, 6) is -0.808. The van der Waals surface area contributed by atoms with Gasteiger partial charge in [-0.3, -0.25) is 0 Å². The van der Waals surface area contributed by atoms with Gasteiger partial charge in [0.25, 0.3) is 0 Å². The number of hydrogen-bond donors (Lipinski definition) is 1. The van der Waals surface area contributed by atoms with Gasteiger partial charge in [-0.15, -0.1) is 0 Å². The number of hydrogen-bond acceptors (Lipinski definition) is 4. The first kappa shape index (κ1) is 13.2. The third-order valence-corrected chi connectivity index (χ3v) is 2.59. The second-order valence-electron chi connectivity index (χ2n) is 2.51. The summed E-state index contributed by atoms with van der Waals surface area (Å²) in [4.78, 5) is 10.9. The topological polar surface area (TPSA) is 72.5 Å². The molecule has 0 radical (unpaired) electrons. The highest BCUT2D eigenvalue weighted by molar-refractivity contribution is 9.10. The Labute approximate surface area is 103 Å². The Morgan fingerprint density at radius 3 is 2.62 bits per heavy atom. The first-order valence-electron chi connectivity index (χ1n) is 3.67. The quantitative estimate of drug-likeness (QED) is 0.842. The lowest BCUT2D eigenvalue weighted by atomic mass is 10.3. The molecule has 1 rings (SSSR count). The van der Waals surface area contributed by atoms with Crippen LogP contribution in [-0.4, -0.2) is 14.5 Å². The van der Waals surface area contributed by atoms with Crippen molar-refractivity contribution in [3.63, 3.8) is 0 Å². The number of carbonyl (C=O) groups is 1. The van der Waals surface area contributed by atoms with Gasteiger partial charge in [-0.05, 0) is 28.1 Å². The number of halogens is 3. The molecule has 0 bridgehead atoms. The Hall–Kier alpha value is -0.860. The average Bonchev–Trinajstić information content (AvgIpc) is 2.08. The molecular formula is C7H4BrClFNO4S. The van der Waals surface area contributed by atoms with E-state index < -0.39 is 21.1 Å². The Balaban J connectivity index is 2.74. The van der Waals surface area contributed by atoms with E-state index in [0.29, 0.717) is 0 Å². The SMILES string of the molecule is O=C(NS(=O)(=O)Cl)Oc1ccc(Br)c(F)c1. The number of benzene rings is 1. The van der Waals surface area contributed by atoms with E-state index in [2.05, 4.69) is 20.7 Å². The van der Waals surface area contributed by atoms with Crippen LogP contribution in [-0.2, 0) is 9.24 Å². The van der Waals surface area contributed by atoms with E-state index in [4.69, 9.17) is 10.7 Å². The van der Waals surface area contributed by atoms with Gasteiger partial charge in [0, 0.05) is 16.7 Å². The van der Waals surface area contributed by atoms with Crippen LogP contribution in [0, 0.1) is 5.82 Å². The molecule has 1 aromatic rings. The minimum Gasteiger partial charge on any atom is -0.410 e. The lowest BCUT2D eigenvalue weighted by Gasteiger charge is -2.04. The van der Waals surface area contributed by atoms with Crippen LogP contribution in [0.5, 0.6) is 5.75 Å². The summed E-state index contributed by atoms with van der Waals surface area (Å²) in [5, 5.41) is 0. The molecule has 0 aliphatic carbocycles. The van der Waals surface area contributed by atoms with Gasteiger partial charge in [0.2, 0.25) is 0 Å². The van der Waals surface area contributed by atoms with Crippen molar-refractivity contribution in [1.82, 2.24) is 4.72 Å². The molecule has 0 aliphatic heterocycles. The van der Waals surface area contributed by atoms with Crippen molar-refractivity contribution in [2.75, 3.05) is 0 Å². The number of rotatable bonds is 2. The van der Waals surface area contributed by atoms with Crippen LogP contribution < -0.4 is 9.46 Å². The lowest BCUT2D eigenvalue weighted by Crippen LogP contribution is -2.29. The number of carbonyl (C=O) groups excluding carboxylic acids is 1. The molecule has 0 spiro atoms. The summed E-state index contributed by atoms with van der Waals surface area (Å²) in [6.07, 6.45) is -1.32. The number of amides is 1. The van der Waals surface area contributed by atoms with Gasteiger partial charge in [-0.1, -0.05) is 0 Å². The molecule has 0 saturated carbocycles. The highest BCUT2D eigenvalue weighted by Gasteiger charge is 2.13. The molecule has 16 heavy (non-hydrogen) atoms. The zero-order valence-electron chi connectivity index (χ0n) is 7.41. The van der Waals surface area contributed by atoms with E-state index in [9.17, 15) is 17.6 Å². The summed E-state index contributed by atoms with van der Waals surface area (Å²) in [6.45, 7) is 0. The monoisotopic (exact) mass is 331 g/mol. The molecule has 88 valence electrons. The van der Waals surface area contributed by atoms with Crippen molar-refractivity contribution in [3.05, 3.63) is 28.5 Å². The first-order chi connectivity index (χ1) is 7.28. The minimum atomic E-state index is -4.22. The smallest absolute Gasteiger partial charge is 0.410 e. The maximum atomic E-state index is 13.0. The van der Waals surface area contributed by atoms with Crippen molar-refractivity contribution in [2.24, 2.45) is 0 Å².